The fourth-order valence-corrected chi connectivity index (χ4v) is 2.92. The molecule has 0 unspecified atom stereocenters. The predicted molar refractivity (Wildman–Crippen MR) is 86.8 cm³/mol. The zero-order chi connectivity index (χ0) is 15.3. The van der Waals surface area contributed by atoms with Crippen molar-refractivity contribution in [3.8, 4) is 11.1 Å². The van der Waals surface area contributed by atoms with Crippen LogP contribution in [0.5, 0.6) is 0 Å². The Balaban J connectivity index is 2.22. The van der Waals surface area contributed by atoms with Crippen molar-refractivity contribution in [3.63, 3.8) is 0 Å². The van der Waals surface area contributed by atoms with E-state index in [0.717, 1.165) is 10.9 Å². The van der Waals surface area contributed by atoms with Crippen molar-refractivity contribution in [1.29, 1.82) is 0 Å². The molecule has 0 saturated carbocycles. The fourth-order valence-electron chi connectivity index (χ4n) is 2.75. The predicted octanol–water partition coefficient (Wildman–Crippen LogP) is 4.47. The summed E-state index contributed by atoms with van der Waals surface area (Å²) in [4.78, 5) is 17.7. The number of benzene rings is 2. The van der Waals surface area contributed by atoms with E-state index in [0.29, 0.717) is 21.6 Å². The quantitative estimate of drug-likeness (QED) is 0.535. The minimum atomic E-state index is -0.795. The number of hydrogen-bond donors (Lipinski definition) is 2. The molecule has 4 aromatic rings. The van der Waals surface area contributed by atoms with Crippen molar-refractivity contribution in [1.82, 2.24) is 9.97 Å². The molecular weight excluding hydrogens is 303 g/mol. The summed E-state index contributed by atoms with van der Waals surface area (Å²) in [6, 6.07) is 14.3. The maximum atomic E-state index is 14.4. The summed E-state index contributed by atoms with van der Waals surface area (Å²) in [7, 11) is 0. The zero-order valence-corrected chi connectivity index (χ0v) is 12.0. The first-order valence-electron chi connectivity index (χ1n) is 6.73. The van der Waals surface area contributed by atoms with Gasteiger partial charge in [-0.15, -0.1) is 0 Å². The van der Waals surface area contributed by atoms with Gasteiger partial charge < -0.3 is 9.97 Å². The van der Waals surface area contributed by atoms with E-state index in [4.69, 9.17) is 11.6 Å². The number of pyridine rings is 1. The van der Waals surface area contributed by atoms with E-state index in [9.17, 15) is 9.18 Å². The molecule has 0 bridgehead atoms. The van der Waals surface area contributed by atoms with Gasteiger partial charge in [-0.1, -0.05) is 41.9 Å². The molecule has 0 amide bonds. The Morgan fingerprint density at radius 2 is 1.73 bits per heavy atom. The van der Waals surface area contributed by atoms with Gasteiger partial charge in [-0.05, 0) is 23.8 Å². The van der Waals surface area contributed by atoms with E-state index >= 15 is 0 Å². The van der Waals surface area contributed by atoms with Crippen LogP contribution in [0.25, 0.3) is 33.1 Å². The Kier molecular flexibility index (Phi) is 2.81. The number of aromatic amines is 2. The van der Waals surface area contributed by atoms with Gasteiger partial charge in [0.05, 0.1) is 11.0 Å². The molecule has 2 N–H and O–H groups in total. The van der Waals surface area contributed by atoms with Gasteiger partial charge in [0.25, 0.3) is 5.56 Å². The van der Waals surface area contributed by atoms with Crippen molar-refractivity contribution in [2.75, 3.05) is 0 Å². The molecule has 22 heavy (non-hydrogen) atoms. The summed E-state index contributed by atoms with van der Waals surface area (Å²) >= 11 is 6.02. The number of H-pyrrole nitrogens is 2. The van der Waals surface area contributed by atoms with Crippen molar-refractivity contribution in [2.45, 2.75) is 0 Å². The highest BCUT2D eigenvalue weighted by molar-refractivity contribution is 6.31. The molecule has 0 spiro atoms. The van der Waals surface area contributed by atoms with Gasteiger partial charge in [-0.3, -0.25) is 4.79 Å². The number of aromatic nitrogens is 2. The van der Waals surface area contributed by atoms with Gasteiger partial charge in [0.15, 0.2) is 5.82 Å². The molecule has 0 aliphatic heterocycles. The van der Waals surface area contributed by atoms with E-state index in [1.807, 2.05) is 12.1 Å². The molecule has 0 aliphatic rings. The number of nitrogens with one attached hydrogen (secondary N) is 2. The number of rotatable bonds is 1. The normalized spacial score (nSPS) is 11.4. The number of hydrogen-bond acceptors (Lipinski definition) is 1. The first-order valence-corrected chi connectivity index (χ1v) is 7.11. The van der Waals surface area contributed by atoms with Gasteiger partial charge in [0, 0.05) is 21.5 Å². The molecular formula is C17H10ClFN2O. The zero-order valence-electron chi connectivity index (χ0n) is 11.3. The average Bonchev–Trinajstić information content (AvgIpc) is 2.87. The lowest BCUT2D eigenvalue weighted by Crippen LogP contribution is -2.12. The first kappa shape index (κ1) is 13.1. The summed E-state index contributed by atoms with van der Waals surface area (Å²) in [5.41, 5.74) is 2.08. The van der Waals surface area contributed by atoms with Gasteiger partial charge in [-0.25, -0.2) is 4.39 Å². The molecule has 3 nitrogen and oxygen atoms in total. The lowest BCUT2D eigenvalue weighted by Gasteiger charge is -2.04. The van der Waals surface area contributed by atoms with Crippen LogP contribution in [-0.4, -0.2) is 9.97 Å². The maximum Gasteiger partial charge on any atom is 0.285 e. The first-order chi connectivity index (χ1) is 10.6. The summed E-state index contributed by atoms with van der Waals surface area (Å²) in [5.74, 6) is -0.795. The smallest absolute Gasteiger partial charge is 0.285 e. The standard InChI is InChI=1S/C17H10ClFN2O/c18-10-6-7-12-11(8-10)15-16(20-12)13(14(19)17(22)21-15)9-4-2-1-3-5-9/h1-8,20H,(H,21,22). The maximum absolute atomic E-state index is 14.4. The molecule has 2 heterocycles. The van der Waals surface area contributed by atoms with Gasteiger partial charge in [0.2, 0.25) is 0 Å². The van der Waals surface area contributed by atoms with Crippen molar-refractivity contribution in [2.24, 2.45) is 0 Å². The Hall–Kier alpha value is -2.59. The fraction of sp³-hybridized carbons (Fsp3) is 0. The van der Waals surface area contributed by atoms with E-state index in [1.165, 1.54) is 0 Å². The van der Waals surface area contributed by atoms with Crippen molar-refractivity contribution >= 4 is 33.5 Å². The molecule has 108 valence electrons. The van der Waals surface area contributed by atoms with Crippen LogP contribution in [0.1, 0.15) is 0 Å². The third-order valence-corrected chi connectivity index (χ3v) is 3.97. The summed E-state index contributed by atoms with van der Waals surface area (Å²) in [5, 5.41) is 1.32. The second-order valence-electron chi connectivity index (χ2n) is 5.07. The molecule has 2 aromatic carbocycles. The van der Waals surface area contributed by atoms with Crippen molar-refractivity contribution in [3.05, 3.63) is 69.7 Å². The van der Waals surface area contributed by atoms with Gasteiger partial charge in [-0.2, -0.15) is 0 Å². The van der Waals surface area contributed by atoms with Crippen LogP contribution in [0.15, 0.2) is 53.3 Å². The number of halogens is 2. The monoisotopic (exact) mass is 312 g/mol. The second kappa shape index (κ2) is 4.71. The van der Waals surface area contributed by atoms with E-state index in [1.54, 1.807) is 36.4 Å². The Labute approximate surface area is 129 Å². The lowest BCUT2D eigenvalue weighted by atomic mass is 10.0. The SMILES string of the molecule is O=c1[nH]c2c([nH]c3ccc(Cl)cc32)c(-c2ccccc2)c1F. The van der Waals surface area contributed by atoms with E-state index in [-0.39, 0.29) is 5.56 Å². The third kappa shape index (κ3) is 1.84. The molecule has 0 saturated heterocycles. The van der Waals surface area contributed by atoms with Crippen LogP contribution >= 0.6 is 11.6 Å². The second-order valence-corrected chi connectivity index (χ2v) is 5.51. The largest absolute Gasteiger partial charge is 0.353 e. The van der Waals surface area contributed by atoms with Gasteiger partial charge in [0.1, 0.15) is 0 Å². The minimum Gasteiger partial charge on any atom is -0.353 e. The minimum absolute atomic E-state index is 0.270. The number of fused-ring (bicyclic) bond motifs is 3. The van der Waals surface area contributed by atoms with Crippen LogP contribution in [0, 0.1) is 5.82 Å². The van der Waals surface area contributed by atoms with Crippen LogP contribution in [0.4, 0.5) is 4.39 Å². The lowest BCUT2D eigenvalue weighted by molar-refractivity contribution is 0.615. The Morgan fingerprint density at radius 3 is 2.50 bits per heavy atom. The molecule has 0 aliphatic carbocycles. The molecule has 0 atom stereocenters. The van der Waals surface area contributed by atoms with Crippen LogP contribution < -0.4 is 5.56 Å². The van der Waals surface area contributed by atoms with E-state index < -0.39 is 11.4 Å². The summed E-state index contributed by atoms with van der Waals surface area (Å²) in [6.07, 6.45) is 0. The summed E-state index contributed by atoms with van der Waals surface area (Å²) in [6.45, 7) is 0. The third-order valence-electron chi connectivity index (χ3n) is 3.73. The average molecular weight is 313 g/mol. The van der Waals surface area contributed by atoms with Crippen molar-refractivity contribution < 1.29 is 4.39 Å². The highest BCUT2D eigenvalue weighted by Crippen LogP contribution is 2.33. The molecule has 2 aromatic heterocycles. The molecule has 0 radical (unpaired) electrons. The summed E-state index contributed by atoms with van der Waals surface area (Å²) < 4.78 is 14.4. The molecule has 5 heteroatoms. The molecule has 0 fully saturated rings. The Bertz CT molecular complexity index is 1070. The van der Waals surface area contributed by atoms with Gasteiger partial charge >= 0.3 is 0 Å². The topological polar surface area (TPSA) is 48.6 Å². The highest BCUT2D eigenvalue weighted by atomic mass is 35.5. The van der Waals surface area contributed by atoms with Crippen LogP contribution in [0.3, 0.4) is 0 Å². The van der Waals surface area contributed by atoms with E-state index in [2.05, 4.69) is 9.97 Å². The Morgan fingerprint density at radius 1 is 0.955 bits per heavy atom. The highest BCUT2D eigenvalue weighted by Gasteiger charge is 2.17. The van der Waals surface area contributed by atoms with Crippen LogP contribution in [0.2, 0.25) is 5.02 Å². The molecule has 4 rings (SSSR count). The van der Waals surface area contributed by atoms with Crippen LogP contribution in [-0.2, 0) is 0 Å².